The van der Waals surface area contributed by atoms with E-state index in [2.05, 4.69) is 15.6 Å². The number of guanidine groups is 1. The van der Waals surface area contributed by atoms with Crippen LogP contribution in [0.4, 0.5) is 0 Å². The molecule has 3 aliphatic rings. The molecule has 5 nitrogen and oxygen atoms in total. The van der Waals surface area contributed by atoms with Gasteiger partial charge in [-0.3, -0.25) is 10.1 Å². The molecule has 0 aromatic carbocycles. The van der Waals surface area contributed by atoms with E-state index in [0.717, 1.165) is 19.4 Å². The Hall–Kier alpha value is -1.10. The first-order valence-electron chi connectivity index (χ1n) is 5.60. The highest BCUT2D eigenvalue weighted by atomic mass is 16.5. The Balaban J connectivity index is 1.66. The molecule has 0 spiro atoms. The maximum Gasteiger partial charge on any atom is 0.254 e. The van der Waals surface area contributed by atoms with Crippen LogP contribution in [-0.2, 0) is 9.53 Å². The van der Waals surface area contributed by atoms with E-state index < -0.39 is 0 Å². The fourth-order valence-electron chi connectivity index (χ4n) is 2.02. The number of rotatable bonds is 2. The van der Waals surface area contributed by atoms with Crippen molar-refractivity contribution in [3.05, 3.63) is 0 Å². The van der Waals surface area contributed by atoms with Gasteiger partial charge >= 0.3 is 0 Å². The zero-order valence-corrected chi connectivity index (χ0v) is 8.53. The van der Waals surface area contributed by atoms with Crippen molar-refractivity contribution in [2.24, 2.45) is 4.99 Å². The highest BCUT2D eigenvalue weighted by Crippen LogP contribution is 2.22. The van der Waals surface area contributed by atoms with Crippen LogP contribution in [0.5, 0.6) is 0 Å². The number of nitrogens with zero attached hydrogens (tertiary/aromatic N) is 1. The highest BCUT2D eigenvalue weighted by molar-refractivity contribution is 6.05. The van der Waals surface area contributed by atoms with Crippen molar-refractivity contribution in [1.29, 1.82) is 0 Å². The first kappa shape index (κ1) is 9.15. The van der Waals surface area contributed by atoms with Crippen LogP contribution in [0, 0.1) is 0 Å². The van der Waals surface area contributed by atoms with Crippen LogP contribution in [0.1, 0.15) is 25.7 Å². The molecule has 2 atom stereocenters. The van der Waals surface area contributed by atoms with Crippen LogP contribution in [0.25, 0.3) is 0 Å². The lowest BCUT2D eigenvalue weighted by molar-refractivity contribution is -0.122. The number of carbonyl (C=O) groups is 1. The van der Waals surface area contributed by atoms with E-state index in [1.807, 2.05) is 0 Å². The van der Waals surface area contributed by atoms with E-state index in [0.29, 0.717) is 12.0 Å². The molecule has 0 bridgehead atoms. The number of amides is 1. The Labute approximate surface area is 88.3 Å². The lowest BCUT2D eigenvalue weighted by Crippen LogP contribution is -2.40. The van der Waals surface area contributed by atoms with Gasteiger partial charge in [-0.15, -0.1) is 0 Å². The zero-order chi connectivity index (χ0) is 10.3. The third-order valence-corrected chi connectivity index (χ3v) is 3.01. The number of aliphatic imine (C=N–C) groups is 1. The first-order valence-corrected chi connectivity index (χ1v) is 5.60. The maximum absolute atomic E-state index is 11.6. The minimum atomic E-state index is -0.325. The largest absolute Gasteiger partial charge is 0.375 e. The Bertz CT molecular complexity index is 306. The summed E-state index contributed by atoms with van der Waals surface area (Å²) < 4.78 is 5.48. The van der Waals surface area contributed by atoms with Crippen LogP contribution >= 0.6 is 0 Å². The Morgan fingerprint density at radius 1 is 1.40 bits per heavy atom. The molecule has 3 rings (SSSR count). The molecule has 0 radical (unpaired) electrons. The standard InChI is InChI=1S/C10H15N3O2/c14-9-8(7-2-1-5-15-7)12-10(13-9)11-6-3-4-6/h6-8H,1-5H2,(H2,11,12,13,14). The van der Waals surface area contributed by atoms with Gasteiger partial charge in [0.15, 0.2) is 12.0 Å². The zero-order valence-electron chi connectivity index (χ0n) is 8.53. The van der Waals surface area contributed by atoms with Crippen molar-refractivity contribution in [2.75, 3.05) is 6.61 Å². The average Bonchev–Trinajstić information content (AvgIpc) is 2.76. The summed E-state index contributed by atoms with van der Waals surface area (Å²) in [6.45, 7) is 0.759. The molecule has 0 aromatic rings. The Kier molecular flexibility index (Phi) is 2.12. The number of carbonyl (C=O) groups excluding carboxylic acids is 1. The van der Waals surface area contributed by atoms with E-state index in [9.17, 15) is 4.79 Å². The monoisotopic (exact) mass is 209 g/mol. The molecule has 1 saturated carbocycles. The van der Waals surface area contributed by atoms with Gasteiger partial charge in [0.2, 0.25) is 0 Å². The van der Waals surface area contributed by atoms with Gasteiger partial charge in [-0.05, 0) is 25.7 Å². The summed E-state index contributed by atoms with van der Waals surface area (Å²) in [5, 5.41) is 5.97. The molecule has 82 valence electrons. The molecule has 2 aliphatic heterocycles. The van der Waals surface area contributed by atoms with Crippen LogP contribution in [-0.4, -0.2) is 36.7 Å². The summed E-state index contributed by atoms with van der Waals surface area (Å²) in [6.07, 6.45) is 4.33. The van der Waals surface area contributed by atoms with Gasteiger partial charge < -0.3 is 10.1 Å². The van der Waals surface area contributed by atoms with Crippen molar-refractivity contribution in [3.63, 3.8) is 0 Å². The third kappa shape index (κ3) is 1.84. The van der Waals surface area contributed by atoms with Gasteiger partial charge in [-0.2, -0.15) is 0 Å². The second-order valence-corrected chi connectivity index (χ2v) is 4.38. The van der Waals surface area contributed by atoms with Crippen LogP contribution in [0.2, 0.25) is 0 Å². The normalized spacial score (nSPS) is 35.2. The second-order valence-electron chi connectivity index (χ2n) is 4.38. The summed E-state index contributed by atoms with van der Waals surface area (Å²) >= 11 is 0. The van der Waals surface area contributed by atoms with Crippen LogP contribution in [0.3, 0.4) is 0 Å². The van der Waals surface area contributed by atoms with E-state index in [1.165, 1.54) is 12.8 Å². The topological polar surface area (TPSA) is 62.7 Å². The van der Waals surface area contributed by atoms with Crippen molar-refractivity contribution >= 4 is 11.9 Å². The molecule has 15 heavy (non-hydrogen) atoms. The third-order valence-electron chi connectivity index (χ3n) is 3.01. The van der Waals surface area contributed by atoms with Gasteiger partial charge in [0.25, 0.3) is 5.91 Å². The molecule has 5 heteroatoms. The molecule has 1 aliphatic carbocycles. The van der Waals surface area contributed by atoms with Crippen LogP contribution in [0.15, 0.2) is 4.99 Å². The fourth-order valence-corrected chi connectivity index (χ4v) is 2.02. The van der Waals surface area contributed by atoms with Crippen molar-refractivity contribution < 1.29 is 9.53 Å². The van der Waals surface area contributed by atoms with E-state index in [-0.39, 0.29) is 18.1 Å². The molecule has 2 heterocycles. The summed E-state index contributed by atoms with van der Waals surface area (Å²) in [5.41, 5.74) is 0. The van der Waals surface area contributed by atoms with Gasteiger partial charge in [0, 0.05) is 12.6 Å². The molecule has 2 fully saturated rings. The first-order chi connectivity index (χ1) is 7.33. The van der Waals surface area contributed by atoms with Crippen molar-refractivity contribution in [3.8, 4) is 0 Å². The lowest BCUT2D eigenvalue weighted by atomic mass is 10.1. The van der Waals surface area contributed by atoms with Gasteiger partial charge in [0.05, 0.1) is 6.10 Å². The molecule has 1 amide bonds. The Morgan fingerprint density at radius 2 is 2.27 bits per heavy atom. The maximum atomic E-state index is 11.6. The van der Waals surface area contributed by atoms with E-state index in [1.54, 1.807) is 0 Å². The predicted molar refractivity (Wildman–Crippen MR) is 54.5 cm³/mol. The fraction of sp³-hybridized carbons (Fsp3) is 0.800. The van der Waals surface area contributed by atoms with Gasteiger partial charge in [0.1, 0.15) is 0 Å². The number of hydrogen-bond donors (Lipinski definition) is 2. The number of nitrogens with one attached hydrogen (secondary N) is 2. The molecule has 1 saturated heterocycles. The lowest BCUT2D eigenvalue weighted by Gasteiger charge is -2.11. The van der Waals surface area contributed by atoms with Gasteiger partial charge in [-0.1, -0.05) is 0 Å². The summed E-state index contributed by atoms with van der Waals surface area (Å²) in [4.78, 5) is 16.0. The second kappa shape index (κ2) is 3.48. The summed E-state index contributed by atoms with van der Waals surface area (Å²) in [5.74, 6) is 0.619. The predicted octanol–water partition coefficient (Wildman–Crippen LogP) is -0.228. The molecular formula is C10H15N3O2. The smallest absolute Gasteiger partial charge is 0.254 e. The Morgan fingerprint density at radius 3 is 2.93 bits per heavy atom. The van der Waals surface area contributed by atoms with Crippen molar-refractivity contribution in [1.82, 2.24) is 10.6 Å². The van der Waals surface area contributed by atoms with Crippen molar-refractivity contribution in [2.45, 2.75) is 43.9 Å². The molecule has 2 unspecified atom stereocenters. The molecule has 0 aromatic heterocycles. The minimum absolute atomic E-state index is 0.0106. The minimum Gasteiger partial charge on any atom is -0.375 e. The number of ether oxygens (including phenoxy) is 1. The van der Waals surface area contributed by atoms with E-state index >= 15 is 0 Å². The van der Waals surface area contributed by atoms with Crippen LogP contribution < -0.4 is 10.6 Å². The molecule has 2 N–H and O–H groups in total. The molecular weight excluding hydrogens is 194 g/mol. The summed E-state index contributed by atoms with van der Waals surface area (Å²) in [7, 11) is 0. The summed E-state index contributed by atoms with van der Waals surface area (Å²) in [6, 6.07) is 0.195. The SMILES string of the molecule is O=C1NC(NC2CC2)=NC1C1CCCO1. The highest BCUT2D eigenvalue weighted by Gasteiger charge is 2.37. The average molecular weight is 209 g/mol. The van der Waals surface area contributed by atoms with E-state index in [4.69, 9.17) is 4.74 Å². The van der Waals surface area contributed by atoms with Gasteiger partial charge in [-0.25, -0.2) is 4.99 Å². The number of hydrogen-bond acceptors (Lipinski definition) is 4. The quantitative estimate of drug-likeness (QED) is 0.660.